The number of sulfonamides is 1. The molecule has 0 aromatic heterocycles. The zero-order valence-electron chi connectivity index (χ0n) is 30.9. The van der Waals surface area contributed by atoms with Crippen LogP contribution in [0, 0.1) is 28.4 Å². The van der Waals surface area contributed by atoms with Crippen molar-refractivity contribution in [2.75, 3.05) is 36.4 Å². The maximum absolute atomic E-state index is 13.2. The molecule has 0 unspecified atom stereocenters. The normalized spacial score (nSPS) is 25.1. The number of benzene rings is 3. The van der Waals surface area contributed by atoms with E-state index in [4.69, 9.17) is 0 Å². The van der Waals surface area contributed by atoms with Gasteiger partial charge in [-0.05, 0) is 143 Å². The van der Waals surface area contributed by atoms with Crippen LogP contribution in [0.3, 0.4) is 0 Å². The summed E-state index contributed by atoms with van der Waals surface area (Å²) >= 11 is 0. The van der Waals surface area contributed by atoms with Gasteiger partial charge in [0.2, 0.25) is 0 Å². The Kier molecular flexibility index (Phi) is 10.6. The van der Waals surface area contributed by atoms with E-state index in [1.165, 1.54) is 61.9 Å². The van der Waals surface area contributed by atoms with Crippen LogP contribution in [0.15, 0.2) is 71.6 Å². The number of piperidine rings is 2. The minimum atomic E-state index is -4.38. The minimum Gasteiger partial charge on any atom is -0.390 e. The van der Waals surface area contributed by atoms with Crippen LogP contribution < -0.4 is 14.9 Å². The van der Waals surface area contributed by atoms with Gasteiger partial charge in [-0.15, -0.1) is 0 Å². The monoisotopic (exact) mass is 743 g/mol. The molecule has 11 nitrogen and oxygen atoms in total. The summed E-state index contributed by atoms with van der Waals surface area (Å²) in [6.07, 6.45) is 11.5. The molecule has 3 aromatic rings. The lowest BCUT2D eigenvalue weighted by atomic mass is 9.59. The number of rotatable bonds is 10. The molecule has 1 amide bonds. The Morgan fingerprint density at radius 1 is 0.943 bits per heavy atom. The lowest BCUT2D eigenvalue weighted by molar-refractivity contribution is -0.384. The molecule has 4 fully saturated rings. The van der Waals surface area contributed by atoms with Crippen molar-refractivity contribution in [2.45, 2.75) is 107 Å². The number of carbonyl (C=O) groups is 1. The van der Waals surface area contributed by atoms with E-state index in [0.717, 1.165) is 50.5 Å². The van der Waals surface area contributed by atoms with Crippen LogP contribution in [-0.4, -0.2) is 67.1 Å². The first-order valence-electron chi connectivity index (χ1n) is 19.3. The highest BCUT2D eigenvalue weighted by atomic mass is 32.2. The number of aliphatic hydroxyl groups is 1. The molecule has 12 heteroatoms. The van der Waals surface area contributed by atoms with Crippen molar-refractivity contribution in [3.63, 3.8) is 0 Å². The van der Waals surface area contributed by atoms with Crippen LogP contribution in [0.2, 0.25) is 0 Å². The van der Waals surface area contributed by atoms with Gasteiger partial charge in [-0.25, -0.2) is 13.1 Å². The van der Waals surface area contributed by atoms with Gasteiger partial charge in [0.15, 0.2) is 0 Å². The maximum Gasteiger partial charge on any atom is 0.293 e. The molecule has 2 aliphatic heterocycles. The number of likely N-dealkylation sites (tertiary alicyclic amines) is 1. The summed E-state index contributed by atoms with van der Waals surface area (Å²) in [6, 6.07) is 20.6. The van der Waals surface area contributed by atoms with Crippen molar-refractivity contribution < 1.29 is 23.2 Å². The van der Waals surface area contributed by atoms with Crippen molar-refractivity contribution in [1.82, 2.24) is 9.62 Å². The number of nitro benzene ring substituents is 1. The Labute approximate surface area is 313 Å². The Morgan fingerprint density at radius 3 is 2.32 bits per heavy atom. The van der Waals surface area contributed by atoms with E-state index in [1.54, 1.807) is 12.1 Å². The molecule has 53 heavy (non-hydrogen) atoms. The highest BCUT2D eigenvalue weighted by molar-refractivity contribution is 7.90. The minimum absolute atomic E-state index is 0.191. The largest absolute Gasteiger partial charge is 0.390 e. The number of nitrogens with one attached hydrogen (secondary N) is 2. The lowest BCUT2D eigenvalue weighted by Gasteiger charge is -2.57. The van der Waals surface area contributed by atoms with Crippen molar-refractivity contribution in [2.24, 2.45) is 11.3 Å². The number of amides is 1. The molecule has 2 saturated carbocycles. The molecule has 3 N–H and O–H groups in total. The number of hydrogen-bond donors (Lipinski definition) is 3. The molecule has 1 atom stereocenters. The molecule has 2 aliphatic carbocycles. The van der Waals surface area contributed by atoms with E-state index in [0.29, 0.717) is 36.9 Å². The van der Waals surface area contributed by atoms with Gasteiger partial charge in [-0.1, -0.05) is 30.7 Å². The van der Waals surface area contributed by atoms with Gasteiger partial charge in [0.05, 0.1) is 15.4 Å². The number of anilines is 2. The Hall–Kier alpha value is -4.00. The summed E-state index contributed by atoms with van der Waals surface area (Å²) < 4.78 is 28.5. The molecule has 2 heterocycles. The second-order valence-corrected chi connectivity index (χ2v) is 18.1. The SMILES string of the molecule is Cc1ccccc1[C@H]1CCCCN1C1CC2(CCN(c3ccc(C(=O)NS(=O)(=O)c4ccc(NCC5CCC(C)(O)CC5)c([N+](=O)[O-])c4)cc3)CC2)C1. The summed E-state index contributed by atoms with van der Waals surface area (Å²) in [7, 11) is -4.38. The number of nitro groups is 1. The van der Waals surface area contributed by atoms with Gasteiger partial charge in [0.1, 0.15) is 5.69 Å². The summed E-state index contributed by atoms with van der Waals surface area (Å²) in [5, 5.41) is 25.2. The third kappa shape index (κ3) is 8.24. The van der Waals surface area contributed by atoms with Crippen LogP contribution in [0.4, 0.5) is 17.1 Å². The zero-order valence-corrected chi connectivity index (χ0v) is 31.7. The first-order valence-corrected chi connectivity index (χ1v) is 20.8. The van der Waals surface area contributed by atoms with Crippen LogP contribution >= 0.6 is 0 Å². The van der Waals surface area contributed by atoms with Crippen LogP contribution in [-0.2, 0) is 10.0 Å². The van der Waals surface area contributed by atoms with E-state index in [1.807, 2.05) is 19.1 Å². The van der Waals surface area contributed by atoms with E-state index < -0.39 is 26.5 Å². The fraction of sp³-hybridized carbons (Fsp3) is 0.537. The molecule has 7 rings (SSSR count). The highest BCUT2D eigenvalue weighted by Crippen LogP contribution is 2.53. The van der Waals surface area contributed by atoms with Gasteiger partial charge in [-0.3, -0.25) is 19.8 Å². The second kappa shape index (κ2) is 15.0. The van der Waals surface area contributed by atoms with Crippen molar-refractivity contribution in [1.29, 1.82) is 0 Å². The van der Waals surface area contributed by atoms with Gasteiger partial charge >= 0.3 is 0 Å². The maximum atomic E-state index is 13.2. The number of hydrogen-bond acceptors (Lipinski definition) is 9. The zero-order chi connectivity index (χ0) is 37.4. The molecule has 2 saturated heterocycles. The Balaban J connectivity index is 0.918. The third-order valence-electron chi connectivity index (χ3n) is 12.7. The molecule has 1 spiro atoms. The predicted octanol–water partition coefficient (Wildman–Crippen LogP) is 7.35. The van der Waals surface area contributed by atoms with E-state index in [-0.39, 0.29) is 27.8 Å². The second-order valence-electron chi connectivity index (χ2n) is 16.4. The average Bonchev–Trinajstić information content (AvgIpc) is 3.13. The summed E-state index contributed by atoms with van der Waals surface area (Å²) in [5.41, 5.74) is 3.62. The van der Waals surface area contributed by atoms with Crippen molar-refractivity contribution in [3.8, 4) is 0 Å². The van der Waals surface area contributed by atoms with Gasteiger partial charge in [0.25, 0.3) is 21.6 Å². The van der Waals surface area contributed by atoms with E-state index >= 15 is 0 Å². The first-order chi connectivity index (χ1) is 25.3. The van der Waals surface area contributed by atoms with Gasteiger partial charge in [0, 0.05) is 49.0 Å². The van der Waals surface area contributed by atoms with Crippen molar-refractivity contribution >= 4 is 33.0 Å². The molecular weight excluding hydrogens is 691 g/mol. The molecule has 0 radical (unpaired) electrons. The van der Waals surface area contributed by atoms with Crippen LogP contribution in [0.5, 0.6) is 0 Å². The smallest absolute Gasteiger partial charge is 0.293 e. The number of nitrogens with zero attached hydrogens (tertiary/aromatic N) is 3. The van der Waals surface area contributed by atoms with Gasteiger partial charge < -0.3 is 15.3 Å². The standard InChI is InChI=1S/C41H53N5O6S/c1-29-7-3-4-8-35(29)37-9-5-6-22-45(37)33-26-41(27-33)20-23-44(24-21-41)32-12-10-31(11-13-32)39(47)43-53(51,52)34-14-15-36(38(25-34)46(49)50)42-28-30-16-18-40(2,48)19-17-30/h3-4,7-8,10-15,25,30,33,37,42,48H,5-6,9,16-24,26-28H2,1-2H3,(H,43,47)/t30?,37-,40?/m1/s1. The Bertz CT molecular complexity index is 1910. The molecular formula is C41H53N5O6S. The third-order valence-corrected chi connectivity index (χ3v) is 14.0. The fourth-order valence-electron chi connectivity index (χ4n) is 9.31. The lowest BCUT2D eigenvalue weighted by Crippen LogP contribution is -2.56. The number of aryl methyl sites for hydroxylation is 1. The van der Waals surface area contributed by atoms with Gasteiger partial charge in [-0.2, -0.15) is 0 Å². The summed E-state index contributed by atoms with van der Waals surface area (Å²) in [5.74, 6) is -0.553. The molecule has 284 valence electrons. The van der Waals surface area contributed by atoms with Crippen molar-refractivity contribution in [3.05, 3.63) is 93.5 Å². The van der Waals surface area contributed by atoms with E-state index in [2.05, 4.69) is 51.0 Å². The van der Waals surface area contributed by atoms with E-state index in [9.17, 15) is 28.4 Å². The highest BCUT2D eigenvalue weighted by Gasteiger charge is 2.49. The number of carbonyl (C=O) groups excluding carboxylic acids is 1. The van der Waals surface area contributed by atoms with Crippen LogP contribution in [0.1, 0.15) is 105 Å². The molecule has 3 aromatic carbocycles. The summed E-state index contributed by atoms with van der Waals surface area (Å²) in [4.78, 5) is 29.1. The first kappa shape index (κ1) is 37.3. The molecule has 4 aliphatic rings. The Morgan fingerprint density at radius 2 is 1.64 bits per heavy atom. The quantitative estimate of drug-likeness (QED) is 0.143. The average molecular weight is 744 g/mol. The fourth-order valence-corrected chi connectivity index (χ4v) is 10.3. The predicted molar refractivity (Wildman–Crippen MR) is 207 cm³/mol. The summed E-state index contributed by atoms with van der Waals surface area (Å²) in [6.45, 7) is 7.60. The molecule has 0 bridgehead atoms. The topological polar surface area (TPSA) is 145 Å². The van der Waals surface area contributed by atoms with Crippen LogP contribution in [0.25, 0.3) is 0 Å².